The highest BCUT2D eigenvalue weighted by molar-refractivity contribution is 5.56. The number of nitro benzene ring substituents is 1. The molecule has 0 aromatic heterocycles. The molecule has 7 nitrogen and oxygen atoms in total. The second-order valence-electron chi connectivity index (χ2n) is 4.06. The number of unbranched alkanes of at least 4 members (excludes halogenated alkanes) is 1. The predicted octanol–water partition coefficient (Wildman–Crippen LogP) is 1.13. The lowest BCUT2D eigenvalue weighted by atomic mass is 10.0. The van der Waals surface area contributed by atoms with E-state index in [1.165, 1.54) is 12.1 Å². The summed E-state index contributed by atoms with van der Waals surface area (Å²) in [6.07, 6.45) is 2.23. The van der Waals surface area contributed by atoms with Crippen molar-refractivity contribution in [2.45, 2.75) is 25.3 Å². The fraction of sp³-hybridized carbons (Fsp3) is 0.455. The Bertz CT molecular complexity index is 437. The molecule has 7 heteroatoms. The van der Waals surface area contributed by atoms with Gasteiger partial charge in [0.05, 0.1) is 4.92 Å². The quantitative estimate of drug-likeness (QED) is 0.260. The third-order valence-electron chi connectivity index (χ3n) is 2.69. The van der Waals surface area contributed by atoms with Crippen molar-refractivity contribution in [1.29, 1.82) is 0 Å². The smallest absolute Gasteiger partial charge is 0.314 e. The second kappa shape index (κ2) is 6.18. The van der Waals surface area contributed by atoms with Gasteiger partial charge in [0.2, 0.25) is 5.75 Å². The first-order valence-electron chi connectivity index (χ1n) is 5.63. The number of phenols is 2. The summed E-state index contributed by atoms with van der Waals surface area (Å²) in [6, 6.07) is 2.00. The van der Waals surface area contributed by atoms with Crippen molar-refractivity contribution in [3.63, 3.8) is 0 Å². The third kappa shape index (κ3) is 3.31. The van der Waals surface area contributed by atoms with E-state index < -0.39 is 28.2 Å². The monoisotopic (exact) mass is 255 g/mol. The van der Waals surface area contributed by atoms with Gasteiger partial charge in [-0.15, -0.1) is 0 Å². The number of aromatic hydroxyl groups is 2. The summed E-state index contributed by atoms with van der Waals surface area (Å²) < 4.78 is 0. The van der Waals surface area contributed by atoms with Gasteiger partial charge in [0, 0.05) is 12.1 Å². The number of nitrogens with zero attached hydrogens (tertiary/aromatic N) is 1. The lowest BCUT2D eigenvalue weighted by Gasteiger charge is -2.12. The first-order chi connectivity index (χ1) is 8.47. The molecule has 0 heterocycles. The molecule has 6 N–H and O–H groups in total. The van der Waals surface area contributed by atoms with Gasteiger partial charge in [-0.25, -0.2) is 0 Å². The Morgan fingerprint density at radius 2 is 2.00 bits per heavy atom. The van der Waals surface area contributed by atoms with E-state index in [1.54, 1.807) is 0 Å². The maximum absolute atomic E-state index is 10.7. The van der Waals surface area contributed by atoms with E-state index in [4.69, 9.17) is 11.5 Å². The molecule has 0 saturated heterocycles. The minimum absolute atomic E-state index is 0.425. The number of rotatable bonds is 6. The number of hydrogen-bond donors (Lipinski definition) is 4. The molecular weight excluding hydrogens is 238 g/mol. The lowest BCUT2D eigenvalue weighted by Crippen LogP contribution is -2.11. The predicted molar refractivity (Wildman–Crippen MR) is 66.3 cm³/mol. The fourth-order valence-electron chi connectivity index (χ4n) is 1.65. The highest BCUT2D eigenvalue weighted by Crippen LogP contribution is 2.37. The first kappa shape index (κ1) is 14.2. The molecule has 1 aromatic carbocycles. The summed E-state index contributed by atoms with van der Waals surface area (Å²) >= 11 is 0. The summed E-state index contributed by atoms with van der Waals surface area (Å²) in [7, 11) is 0. The lowest BCUT2D eigenvalue weighted by molar-refractivity contribution is -0.386. The average molecular weight is 255 g/mol. The molecule has 0 saturated carbocycles. The number of nitrogens with two attached hydrogens (primary N) is 2. The van der Waals surface area contributed by atoms with E-state index in [0.29, 0.717) is 18.5 Å². The Hall–Kier alpha value is -1.86. The van der Waals surface area contributed by atoms with E-state index in [0.717, 1.165) is 12.8 Å². The van der Waals surface area contributed by atoms with E-state index in [2.05, 4.69) is 0 Å². The van der Waals surface area contributed by atoms with Crippen LogP contribution in [0.15, 0.2) is 12.1 Å². The van der Waals surface area contributed by atoms with E-state index in [9.17, 15) is 20.3 Å². The average Bonchev–Trinajstić information content (AvgIpc) is 2.32. The summed E-state index contributed by atoms with van der Waals surface area (Å²) in [6.45, 7) is 0.563. The Labute approximate surface area is 104 Å². The number of phenolic OH excluding ortho intramolecular Hbond substituents is 2. The zero-order valence-corrected chi connectivity index (χ0v) is 9.87. The van der Waals surface area contributed by atoms with Gasteiger partial charge in [0.1, 0.15) is 0 Å². The summed E-state index contributed by atoms with van der Waals surface area (Å²) in [5.74, 6) is -1.27. The summed E-state index contributed by atoms with van der Waals surface area (Å²) in [4.78, 5) is 9.93. The Morgan fingerprint density at radius 3 is 2.56 bits per heavy atom. The van der Waals surface area contributed by atoms with Crippen LogP contribution in [0.3, 0.4) is 0 Å². The number of nitro groups is 1. The molecule has 1 aromatic rings. The molecule has 18 heavy (non-hydrogen) atoms. The molecule has 0 fully saturated rings. The fourth-order valence-corrected chi connectivity index (χ4v) is 1.65. The number of benzene rings is 1. The van der Waals surface area contributed by atoms with Crippen LogP contribution < -0.4 is 11.5 Å². The maximum Gasteiger partial charge on any atom is 0.314 e. The second-order valence-corrected chi connectivity index (χ2v) is 4.06. The van der Waals surface area contributed by atoms with Crippen molar-refractivity contribution in [2.75, 3.05) is 6.54 Å². The molecule has 0 radical (unpaired) electrons. The zero-order valence-electron chi connectivity index (χ0n) is 9.87. The molecule has 0 amide bonds. The van der Waals surface area contributed by atoms with Crippen LogP contribution in [0.5, 0.6) is 11.5 Å². The molecular formula is C11H17N3O4. The van der Waals surface area contributed by atoms with E-state index in [-0.39, 0.29) is 0 Å². The van der Waals surface area contributed by atoms with Crippen molar-refractivity contribution < 1.29 is 15.1 Å². The molecule has 0 aliphatic carbocycles. The first-order valence-corrected chi connectivity index (χ1v) is 5.63. The van der Waals surface area contributed by atoms with E-state index in [1.807, 2.05) is 0 Å². The van der Waals surface area contributed by atoms with E-state index >= 15 is 0 Å². The van der Waals surface area contributed by atoms with Crippen LogP contribution in [0.1, 0.15) is 30.9 Å². The Balaban J connectivity index is 2.92. The highest BCUT2D eigenvalue weighted by atomic mass is 16.6. The van der Waals surface area contributed by atoms with Gasteiger partial charge in [-0.05, 0) is 31.0 Å². The van der Waals surface area contributed by atoms with Crippen LogP contribution >= 0.6 is 0 Å². The molecule has 0 aliphatic heterocycles. The Morgan fingerprint density at radius 1 is 1.33 bits per heavy atom. The minimum atomic E-state index is -0.759. The largest absolute Gasteiger partial charge is 0.504 e. The van der Waals surface area contributed by atoms with Gasteiger partial charge in [-0.3, -0.25) is 10.1 Å². The topological polar surface area (TPSA) is 136 Å². The van der Waals surface area contributed by atoms with Crippen molar-refractivity contribution >= 4 is 5.69 Å². The normalized spacial score (nSPS) is 12.3. The SMILES string of the molecule is NCCCC[C@H](N)c1cc(O)c(O)c([N+](=O)[O-])c1. The van der Waals surface area contributed by atoms with Crippen LogP contribution in [0, 0.1) is 10.1 Å². The third-order valence-corrected chi connectivity index (χ3v) is 2.69. The van der Waals surface area contributed by atoms with Crippen LogP contribution in [-0.2, 0) is 0 Å². The standard InChI is InChI=1S/C11H17N3O4/c12-4-2-1-3-8(13)7-5-9(14(17)18)11(16)10(15)6-7/h5-6,8,15-16H,1-4,12-13H2/t8-/m0/s1. The van der Waals surface area contributed by atoms with Crippen molar-refractivity contribution in [2.24, 2.45) is 11.5 Å². The van der Waals surface area contributed by atoms with Gasteiger partial charge < -0.3 is 21.7 Å². The van der Waals surface area contributed by atoms with Crippen molar-refractivity contribution in [1.82, 2.24) is 0 Å². The van der Waals surface area contributed by atoms with Crippen molar-refractivity contribution in [3.8, 4) is 11.5 Å². The van der Waals surface area contributed by atoms with Gasteiger partial charge in [-0.2, -0.15) is 0 Å². The molecule has 0 bridgehead atoms. The number of hydrogen-bond acceptors (Lipinski definition) is 6. The summed E-state index contributed by atoms with van der Waals surface area (Å²) in [5.41, 5.74) is 11.1. The van der Waals surface area contributed by atoms with Crippen LogP contribution in [0.4, 0.5) is 5.69 Å². The van der Waals surface area contributed by atoms with Crippen LogP contribution in [-0.4, -0.2) is 21.7 Å². The van der Waals surface area contributed by atoms with Gasteiger partial charge in [0.15, 0.2) is 5.75 Å². The Kier molecular flexibility index (Phi) is 4.87. The minimum Gasteiger partial charge on any atom is -0.504 e. The van der Waals surface area contributed by atoms with Crippen LogP contribution in [0.25, 0.3) is 0 Å². The summed E-state index contributed by atoms with van der Waals surface area (Å²) in [5, 5.41) is 29.4. The molecule has 100 valence electrons. The van der Waals surface area contributed by atoms with Crippen molar-refractivity contribution in [3.05, 3.63) is 27.8 Å². The van der Waals surface area contributed by atoms with Gasteiger partial charge >= 0.3 is 5.69 Å². The molecule has 0 spiro atoms. The molecule has 0 aliphatic rings. The maximum atomic E-state index is 10.7. The molecule has 1 atom stereocenters. The van der Waals surface area contributed by atoms with Gasteiger partial charge in [0.25, 0.3) is 0 Å². The van der Waals surface area contributed by atoms with Gasteiger partial charge in [-0.1, -0.05) is 6.42 Å². The highest BCUT2D eigenvalue weighted by Gasteiger charge is 2.20. The van der Waals surface area contributed by atoms with Crippen LogP contribution in [0.2, 0.25) is 0 Å². The molecule has 1 rings (SSSR count). The molecule has 0 unspecified atom stereocenters. The zero-order chi connectivity index (χ0) is 13.7.